The Kier molecular flexibility index (Phi) is 4.16. The second kappa shape index (κ2) is 5.51. The van der Waals surface area contributed by atoms with Crippen molar-refractivity contribution in [1.29, 1.82) is 0 Å². The number of nitrogens with one attached hydrogen (secondary N) is 2. The lowest BCUT2D eigenvalue weighted by Crippen LogP contribution is -2.49. The standard InChI is InChI=1S/C16H26N2O/c1-11-15(18-9-8-17-11)12-6-7-14(19-5)13(10-12)16(2,3)4/h6-7,10-11,15,17-18H,8-9H2,1-5H3. The van der Waals surface area contributed by atoms with E-state index in [2.05, 4.69) is 56.5 Å². The van der Waals surface area contributed by atoms with Crippen molar-refractivity contribution in [1.82, 2.24) is 10.6 Å². The Bertz CT molecular complexity index is 437. The fourth-order valence-corrected chi connectivity index (χ4v) is 2.73. The van der Waals surface area contributed by atoms with Crippen LogP contribution < -0.4 is 15.4 Å². The van der Waals surface area contributed by atoms with Gasteiger partial charge in [-0.2, -0.15) is 0 Å². The molecule has 0 saturated carbocycles. The maximum atomic E-state index is 5.50. The van der Waals surface area contributed by atoms with Crippen molar-refractivity contribution in [2.75, 3.05) is 20.2 Å². The molecule has 1 heterocycles. The number of hydrogen-bond acceptors (Lipinski definition) is 3. The molecular weight excluding hydrogens is 236 g/mol. The summed E-state index contributed by atoms with van der Waals surface area (Å²) in [6.07, 6.45) is 0. The molecular formula is C16H26N2O. The second-order valence-electron chi connectivity index (χ2n) is 6.38. The summed E-state index contributed by atoms with van der Waals surface area (Å²) < 4.78 is 5.50. The average Bonchev–Trinajstić information content (AvgIpc) is 2.37. The zero-order chi connectivity index (χ0) is 14.0. The molecule has 19 heavy (non-hydrogen) atoms. The van der Waals surface area contributed by atoms with Crippen LogP contribution in [-0.4, -0.2) is 26.2 Å². The molecule has 0 radical (unpaired) electrons. The number of methoxy groups -OCH3 is 1. The van der Waals surface area contributed by atoms with Crippen LogP contribution in [0.15, 0.2) is 18.2 Å². The zero-order valence-electron chi connectivity index (χ0n) is 12.7. The predicted molar refractivity (Wildman–Crippen MR) is 79.9 cm³/mol. The van der Waals surface area contributed by atoms with Crippen LogP contribution in [0.5, 0.6) is 5.75 Å². The van der Waals surface area contributed by atoms with Crippen molar-refractivity contribution < 1.29 is 4.74 Å². The van der Waals surface area contributed by atoms with Crippen LogP contribution in [0.4, 0.5) is 0 Å². The van der Waals surface area contributed by atoms with E-state index in [-0.39, 0.29) is 5.41 Å². The van der Waals surface area contributed by atoms with Gasteiger partial charge in [-0.25, -0.2) is 0 Å². The largest absolute Gasteiger partial charge is 0.496 e. The molecule has 2 atom stereocenters. The molecule has 1 saturated heterocycles. The Hall–Kier alpha value is -1.06. The van der Waals surface area contributed by atoms with E-state index in [9.17, 15) is 0 Å². The van der Waals surface area contributed by atoms with E-state index in [1.165, 1.54) is 11.1 Å². The number of ether oxygens (including phenoxy) is 1. The molecule has 2 N–H and O–H groups in total. The van der Waals surface area contributed by atoms with Crippen LogP contribution in [0.2, 0.25) is 0 Å². The van der Waals surface area contributed by atoms with Crippen molar-refractivity contribution in [2.24, 2.45) is 0 Å². The smallest absolute Gasteiger partial charge is 0.122 e. The van der Waals surface area contributed by atoms with Gasteiger partial charge >= 0.3 is 0 Å². The Balaban J connectivity index is 2.37. The minimum absolute atomic E-state index is 0.0900. The van der Waals surface area contributed by atoms with E-state index in [1.54, 1.807) is 7.11 Å². The third kappa shape index (κ3) is 3.10. The Labute approximate surface area is 116 Å². The van der Waals surface area contributed by atoms with Gasteiger partial charge in [0, 0.05) is 25.2 Å². The number of hydrogen-bond donors (Lipinski definition) is 2. The summed E-state index contributed by atoms with van der Waals surface area (Å²) in [5, 5.41) is 7.12. The molecule has 2 rings (SSSR count). The number of benzene rings is 1. The quantitative estimate of drug-likeness (QED) is 0.859. The maximum Gasteiger partial charge on any atom is 0.122 e. The van der Waals surface area contributed by atoms with Gasteiger partial charge in [0.2, 0.25) is 0 Å². The first-order valence-electron chi connectivity index (χ1n) is 7.08. The van der Waals surface area contributed by atoms with Crippen molar-refractivity contribution >= 4 is 0 Å². The fourth-order valence-electron chi connectivity index (χ4n) is 2.73. The lowest BCUT2D eigenvalue weighted by atomic mass is 9.84. The summed E-state index contributed by atoms with van der Waals surface area (Å²) in [5.74, 6) is 0.979. The van der Waals surface area contributed by atoms with Crippen LogP contribution in [0, 0.1) is 0 Å². The first-order chi connectivity index (χ1) is 8.93. The van der Waals surface area contributed by atoms with Crippen LogP contribution in [0.25, 0.3) is 0 Å². The monoisotopic (exact) mass is 262 g/mol. The molecule has 1 aliphatic heterocycles. The van der Waals surface area contributed by atoms with Crippen LogP contribution >= 0.6 is 0 Å². The Morgan fingerprint density at radius 1 is 1.16 bits per heavy atom. The van der Waals surface area contributed by atoms with Gasteiger partial charge in [0.25, 0.3) is 0 Å². The predicted octanol–water partition coefficient (Wildman–Crippen LogP) is 2.62. The first kappa shape index (κ1) is 14.4. The van der Waals surface area contributed by atoms with Crippen molar-refractivity contribution in [3.05, 3.63) is 29.3 Å². The summed E-state index contributed by atoms with van der Waals surface area (Å²) in [4.78, 5) is 0. The SMILES string of the molecule is COc1ccc(C2NCCNC2C)cc1C(C)(C)C. The molecule has 0 bridgehead atoms. The molecule has 1 aliphatic rings. The molecule has 2 unspecified atom stereocenters. The molecule has 3 heteroatoms. The van der Waals surface area contributed by atoms with Gasteiger partial charge in [-0.1, -0.05) is 26.8 Å². The van der Waals surface area contributed by atoms with E-state index in [0.29, 0.717) is 12.1 Å². The van der Waals surface area contributed by atoms with Crippen molar-refractivity contribution in [2.45, 2.75) is 45.2 Å². The van der Waals surface area contributed by atoms with E-state index in [4.69, 9.17) is 4.74 Å². The first-order valence-corrected chi connectivity index (χ1v) is 7.08. The van der Waals surface area contributed by atoms with Gasteiger partial charge in [-0.05, 0) is 35.6 Å². The fraction of sp³-hybridized carbons (Fsp3) is 0.625. The lowest BCUT2D eigenvalue weighted by molar-refractivity contribution is 0.344. The van der Waals surface area contributed by atoms with E-state index >= 15 is 0 Å². The normalized spacial score (nSPS) is 24.3. The van der Waals surface area contributed by atoms with Crippen molar-refractivity contribution in [3.8, 4) is 5.75 Å². The molecule has 0 aliphatic carbocycles. The molecule has 1 aromatic carbocycles. The second-order valence-corrected chi connectivity index (χ2v) is 6.38. The number of piperazine rings is 1. The van der Waals surface area contributed by atoms with Gasteiger partial charge in [0.05, 0.1) is 7.11 Å². The van der Waals surface area contributed by atoms with Crippen molar-refractivity contribution in [3.63, 3.8) is 0 Å². The molecule has 1 fully saturated rings. The van der Waals surface area contributed by atoms with Crippen LogP contribution in [0.3, 0.4) is 0 Å². The third-order valence-electron chi connectivity index (χ3n) is 3.85. The van der Waals surface area contributed by atoms with Gasteiger partial charge in [0.1, 0.15) is 5.75 Å². The molecule has 0 aromatic heterocycles. The van der Waals surface area contributed by atoms with Crippen LogP contribution in [-0.2, 0) is 5.41 Å². The third-order valence-corrected chi connectivity index (χ3v) is 3.85. The molecule has 0 amide bonds. The highest BCUT2D eigenvalue weighted by molar-refractivity contribution is 5.43. The summed E-state index contributed by atoms with van der Waals surface area (Å²) in [6.45, 7) is 11.0. The summed E-state index contributed by atoms with van der Waals surface area (Å²) >= 11 is 0. The summed E-state index contributed by atoms with van der Waals surface area (Å²) in [6, 6.07) is 7.39. The van der Waals surface area contributed by atoms with E-state index in [0.717, 1.165) is 18.8 Å². The van der Waals surface area contributed by atoms with Gasteiger partial charge in [-0.3, -0.25) is 0 Å². The minimum Gasteiger partial charge on any atom is -0.496 e. The average molecular weight is 262 g/mol. The van der Waals surface area contributed by atoms with E-state index < -0.39 is 0 Å². The number of rotatable bonds is 2. The highest BCUT2D eigenvalue weighted by Gasteiger charge is 2.25. The minimum atomic E-state index is 0.0900. The summed E-state index contributed by atoms with van der Waals surface area (Å²) in [7, 11) is 1.74. The van der Waals surface area contributed by atoms with Gasteiger partial charge < -0.3 is 15.4 Å². The molecule has 106 valence electrons. The highest BCUT2D eigenvalue weighted by atomic mass is 16.5. The van der Waals surface area contributed by atoms with E-state index in [1.807, 2.05) is 0 Å². The van der Waals surface area contributed by atoms with Gasteiger partial charge in [0.15, 0.2) is 0 Å². The Morgan fingerprint density at radius 2 is 1.84 bits per heavy atom. The molecule has 1 aromatic rings. The molecule has 3 nitrogen and oxygen atoms in total. The molecule has 0 spiro atoms. The zero-order valence-corrected chi connectivity index (χ0v) is 12.7. The maximum absolute atomic E-state index is 5.50. The summed E-state index contributed by atoms with van der Waals surface area (Å²) in [5.41, 5.74) is 2.70. The topological polar surface area (TPSA) is 33.3 Å². The van der Waals surface area contributed by atoms with Crippen LogP contribution in [0.1, 0.15) is 44.9 Å². The highest BCUT2D eigenvalue weighted by Crippen LogP contribution is 2.34. The Morgan fingerprint density at radius 3 is 2.42 bits per heavy atom. The van der Waals surface area contributed by atoms with Gasteiger partial charge in [-0.15, -0.1) is 0 Å². The lowest BCUT2D eigenvalue weighted by Gasteiger charge is -2.33.